The van der Waals surface area contributed by atoms with E-state index in [0.717, 1.165) is 18.6 Å². The molecule has 1 aromatic carbocycles. The van der Waals surface area contributed by atoms with Crippen molar-refractivity contribution in [1.82, 2.24) is 4.72 Å². The summed E-state index contributed by atoms with van der Waals surface area (Å²) in [6.07, 6.45) is 1.96. The minimum Gasteiger partial charge on any atom is -0.398 e. The number of halogens is 1. The Balaban J connectivity index is 2.22. The number of nitrogens with one attached hydrogen (secondary N) is 1. The van der Waals surface area contributed by atoms with E-state index in [4.69, 9.17) is 5.73 Å². The quantitative estimate of drug-likeness (QED) is 0.718. The van der Waals surface area contributed by atoms with Crippen molar-refractivity contribution in [3.05, 3.63) is 23.5 Å². The average molecular weight is 288 g/mol. The summed E-state index contributed by atoms with van der Waals surface area (Å²) in [7, 11) is -4.00. The molecule has 0 aromatic heterocycles. The first kappa shape index (κ1) is 14.2. The third kappa shape index (κ3) is 2.88. The minimum absolute atomic E-state index is 0.109. The smallest absolute Gasteiger partial charge is 0.243 e. The molecule has 0 atom stereocenters. The highest BCUT2D eigenvalue weighted by atomic mass is 32.2. The number of anilines is 1. The van der Waals surface area contributed by atoms with Crippen LogP contribution >= 0.6 is 0 Å². The fourth-order valence-corrected chi connectivity index (χ4v) is 3.16. The van der Waals surface area contributed by atoms with E-state index < -0.39 is 26.3 Å². The Morgan fingerprint density at radius 1 is 1.47 bits per heavy atom. The molecule has 2 rings (SSSR count). The highest BCUT2D eigenvalue weighted by Crippen LogP contribution is 2.31. The molecule has 106 valence electrons. The summed E-state index contributed by atoms with van der Waals surface area (Å²) in [6.45, 7) is 1.49. The second-order valence-corrected chi connectivity index (χ2v) is 6.78. The van der Waals surface area contributed by atoms with Crippen molar-refractivity contribution < 1.29 is 17.9 Å². The molecule has 1 aliphatic carbocycles. The number of aliphatic hydroxyl groups is 1. The summed E-state index contributed by atoms with van der Waals surface area (Å²) in [5.41, 5.74) is 5.29. The Morgan fingerprint density at radius 2 is 2.11 bits per heavy atom. The zero-order valence-electron chi connectivity index (χ0n) is 10.6. The molecule has 19 heavy (non-hydrogen) atoms. The summed E-state index contributed by atoms with van der Waals surface area (Å²) < 4.78 is 39.9. The largest absolute Gasteiger partial charge is 0.398 e. The van der Waals surface area contributed by atoms with Crippen molar-refractivity contribution in [2.75, 3.05) is 12.3 Å². The van der Waals surface area contributed by atoms with Crippen LogP contribution in [0.25, 0.3) is 0 Å². The zero-order valence-corrected chi connectivity index (χ0v) is 11.4. The number of nitrogens with two attached hydrogens (primary N) is 1. The minimum atomic E-state index is -4.00. The van der Waals surface area contributed by atoms with Crippen molar-refractivity contribution >= 4 is 15.7 Å². The zero-order chi connectivity index (χ0) is 14.3. The van der Waals surface area contributed by atoms with Crippen molar-refractivity contribution in [2.45, 2.75) is 36.7 Å². The Hall–Kier alpha value is -1.18. The lowest BCUT2D eigenvalue weighted by molar-refractivity contribution is -0.0271. The molecule has 1 fully saturated rings. The van der Waals surface area contributed by atoms with Gasteiger partial charge < -0.3 is 10.8 Å². The number of hydrogen-bond acceptors (Lipinski definition) is 4. The standard InChI is InChI=1S/C12H17FN2O3S/c1-8-5-9(13)11(6-10(8)14)19(17,18)15-7-12(16)3-2-4-12/h5-6,15-16H,2-4,7,14H2,1H3. The fraction of sp³-hybridized carbons (Fsp3) is 0.500. The van der Waals surface area contributed by atoms with Crippen LogP contribution in [-0.2, 0) is 10.0 Å². The number of rotatable bonds is 4. The van der Waals surface area contributed by atoms with E-state index in [1.54, 1.807) is 6.92 Å². The second kappa shape index (κ2) is 4.73. The fourth-order valence-electron chi connectivity index (χ4n) is 1.94. The maximum atomic E-state index is 13.7. The van der Waals surface area contributed by atoms with Crippen LogP contribution in [0.5, 0.6) is 0 Å². The van der Waals surface area contributed by atoms with Gasteiger partial charge in [-0.25, -0.2) is 17.5 Å². The highest BCUT2D eigenvalue weighted by Gasteiger charge is 2.35. The van der Waals surface area contributed by atoms with Crippen LogP contribution < -0.4 is 10.5 Å². The van der Waals surface area contributed by atoms with Gasteiger partial charge in [0, 0.05) is 12.2 Å². The Morgan fingerprint density at radius 3 is 2.63 bits per heavy atom. The van der Waals surface area contributed by atoms with Crippen LogP contribution in [0.4, 0.5) is 10.1 Å². The predicted molar refractivity (Wildman–Crippen MR) is 69.5 cm³/mol. The van der Waals surface area contributed by atoms with E-state index in [0.29, 0.717) is 18.4 Å². The molecule has 7 heteroatoms. The first-order valence-electron chi connectivity index (χ1n) is 6.01. The molecule has 1 saturated carbocycles. The number of nitrogen functional groups attached to an aromatic ring is 1. The summed E-state index contributed by atoms with van der Waals surface area (Å²) in [6, 6.07) is 2.18. The molecule has 4 N–H and O–H groups in total. The summed E-state index contributed by atoms with van der Waals surface area (Å²) in [5.74, 6) is -0.847. The first-order chi connectivity index (χ1) is 8.73. The topological polar surface area (TPSA) is 92.4 Å². The van der Waals surface area contributed by atoms with Gasteiger partial charge in [0.1, 0.15) is 10.7 Å². The second-order valence-electron chi connectivity index (χ2n) is 5.04. The van der Waals surface area contributed by atoms with E-state index in [-0.39, 0.29) is 12.2 Å². The lowest BCUT2D eigenvalue weighted by Crippen LogP contribution is -2.47. The van der Waals surface area contributed by atoms with Crippen LogP contribution in [0.15, 0.2) is 17.0 Å². The monoisotopic (exact) mass is 288 g/mol. The molecule has 0 heterocycles. The maximum absolute atomic E-state index is 13.7. The van der Waals surface area contributed by atoms with Gasteiger partial charge in [0.15, 0.2) is 0 Å². The van der Waals surface area contributed by atoms with Gasteiger partial charge in [-0.3, -0.25) is 0 Å². The summed E-state index contributed by atoms with van der Waals surface area (Å²) in [4.78, 5) is -0.487. The van der Waals surface area contributed by atoms with E-state index in [1.165, 1.54) is 0 Å². The van der Waals surface area contributed by atoms with Gasteiger partial charge in [-0.1, -0.05) is 0 Å². The van der Waals surface area contributed by atoms with Crippen LogP contribution in [-0.4, -0.2) is 25.7 Å². The van der Waals surface area contributed by atoms with Gasteiger partial charge >= 0.3 is 0 Å². The van der Waals surface area contributed by atoms with Gasteiger partial charge in [-0.05, 0) is 43.9 Å². The van der Waals surface area contributed by atoms with Crippen LogP contribution in [0.1, 0.15) is 24.8 Å². The average Bonchev–Trinajstić information content (AvgIpc) is 2.28. The molecule has 0 amide bonds. The summed E-state index contributed by atoms with van der Waals surface area (Å²) >= 11 is 0. The highest BCUT2D eigenvalue weighted by molar-refractivity contribution is 7.89. The molecule has 5 nitrogen and oxygen atoms in total. The van der Waals surface area contributed by atoms with Crippen molar-refractivity contribution in [3.8, 4) is 0 Å². The molecule has 1 aliphatic rings. The third-order valence-electron chi connectivity index (χ3n) is 3.49. The molecular formula is C12H17FN2O3S. The lowest BCUT2D eigenvalue weighted by atomic mass is 9.81. The number of aryl methyl sites for hydroxylation is 1. The molecular weight excluding hydrogens is 271 g/mol. The van der Waals surface area contributed by atoms with Gasteiger partial charge in [0.05, 0.1) is 5.60 Å². The third-order valence-corrected chi connectivity index (χ3v) is 4.90. The number of hydrogen-bond donors (Lipinski definition) is 3. The Kier molecular flexibility index (Phi) is 3.55. The van der Waals surface area contributed by atoms with E-state index >= 15 is 0 Å². The van der Waals surface area contributed by atoms with Gasteiger partial charge in [-0.2, -0.15) is 0 Å². The van der Waals surface area contributed by atoms with Gasteiger partial charge in [0.25, 0.3) is 0 Å². The molecule has 0 aliphatic heterocycles. The SMILES string of the molecule is Cc1cc(F)c(S(=O)(=O)NCC2(O)CCC2)cc1N. The predicted octanol–water partition coefficient (Wildman–Crippen LogP) is 0.910. The molecule has 0 saturated heterocycles. The maximum Gasteiger partial charge on any atom is 0.243 e. The van der Waals surface area contributed by atoms with Crippen molar-refractivity contribution in [3.63, 3.8) is 0 Å². The molecule has 1 aromatic rings. The van der Waals surface area contributed by atoms with Crippen LogP contribution in [0, 0.1) is 12.7 Å². The molecule has 0 bridgehead atoms. The van der Waals surface area contributed by atoms with Gasteiger partial charge in [0.2, 0.25) is 10.0 Å². The van der Waals surface area contributed by atoms with E-state index in [2.05, 4.69) is 4.72 Å². The Labute approximate surface area is 111 Å². The number of sulfonamides is 1. The first-order valence-corrected chi connectivity index (χ1v) is 7.49. The van der Waals surface area contributed by atoms with E-state index in [9.17, 15) is 17.9 Å². The molecule has 0 spiro atoms. The van der Waals surface area contributed by atoms with E-state index in [1.807, 2.05) is 0 Å². The molecule has 0 unspecified atom stereocenters. The normalized spacial score (nSPS) is 18.1. The van der Waals surface area contributed by atoms with Crippen molar-refractivity contribution in [2.24, 2.45) is 0 Å². The van der Waals surface area contributed by atoms with Crippen LogP contribution in [0.2, 0.25) is 0 Å². The molecule has 0 radical (unpaired) electrons. The number of benzene rings is 1. The Bertz CT molecular complexity index is 597. The van der Waals surface area contributed by atoms with Crippen LogP contribution in [0.3, 0.4) is 0 Å². The van der Waals surface area contributed by atoms with Crippen molar-refractivity contribution in [1.29, 1.82) is 0 Å². The summed E-state index contributed by atoms with van der Waals surface area (Å²) in [5, 5.41) is 9.84. The lowest BCUT2D eigenvalue weighted by Gasteiger charge is -2.36. The van der Waals surface area contributed by atoms with Gasteiger partial charge in [-0.15, -0.1) is 0 Å².